The Morgan fingerprint density at radius 1 is 1.24 bits per heavy atom. The van der Waals surface area contributed by atoms with Crippen LogP contribution in [0.1, 0.15) is 68.2 Å². The van der Waals surface area contributed by atoms with Crippen molar-refractivity contribution in [3.63, 3.8) is 0 Å². The molecule has 0 amide bonds. The van der Waals surface area contributed by atoms with Gasteiger partial charge in [-0.2, -0.15) is 0 Å². The van der Waals surface area contributed by atoms with Crippen LogP contribution in [0.3, 0.4) is 0 Å². The van der Waals surface area contributed by atoms with Crippen LogP contribution in [0.25, 0.3) is 11.3 Å². The second-order valence-electron chi connectivity index (χ2n) is 9.16. The molecule has 1 unspecified atom stereocenters. The van der Waals surface area contributed by atoms with E-state index in [1.807, 2.05) is 20.8 Å². The molecule has 0 bridgehead atoms. The van der Waals surface area contributed by atoms with Crippen LogP contribution in [0.5, 0.6) is 0 Å². The van der Waals surface area contributed by atoms with Gasteiger partial charge in [-0.1, -0.05) is 20.8 Å². The summed E-state index contributed by atoms with van der Waals surface area (Å²) in [6.07, 6.45) is -2.13. The largest absolute Gasteiger partial charge is 0.481 e. The molecule has 1 aromatic heterocycles. The number of carbonyl (C=O) groups is 1. The molecule has 4 atom stereocenters. The van der Waals surface area contributed by atoms with Gasteiger partial charge in [0.15, 0.2) is 0 Å². The zero-order valence-electron chi connectivity index (χ0n) is 19.7. The summed E-state index contributed by atoms with van der Waals surface area (Å²) in [6.45, 7) is 5.64. The lowest BCUT2D eigenvalue weighted by atomic mass is 9.69. The van der Waals surface area contributed by atoms with Gasteiger partial charge >= 0.3 is 5.97 Å². The van der Waals surface area contributed by atoms with Gasteiger partial charge in [0.1, 0.15) is 5.82 Å². The Morgan fingerprint density at radius 2 is 1.88 bits per heavy atom. The number of sulfonamides is 1. The van der Waals surface area contributed by atoms with Crippen molar-refractivity contribution in [2.45, 2.75) is 63.6 Å². The third-order valence-corrected chi connectivity index (χ3v) is 7.41. The third-order valence-electron chi connectivity index (χ3n) is 6.25. The monoisotopic (exact) mass is 495 g/mol. The average Bonchev–Trinajstić information content (AvgIpc) is 2.70. The standard InChI is InChI=1S/C23H30FN3O6S/c1-11(2)21-20-12(3)19(17(29)9-14(28)10-18(30)31)16-8-13(24)6-7-15(16)22(20)26-23(25-21)27(4)34(5,32)33/h6-8,11-12,14,17,19,28-29H,9-10H2,1-5H3,(H,30,31)/t12?,14-,17+,19-/m1/s1. The lowest BCUT2D eigenvalue weighted by molar-refractivity contribution is -0.139. The molecule has 1 heterocycles. The maximum atomic E-state index is 14.3. The highest BCUT2D eigenvalue weighted by molar-refractivity contribution is 7.92. The van der Waals surface area contributed by atoms with Crippen LogP contribution in [0, 0.1) is 5.82 Å². The van der Waals surface area contributed by atoms with Crippen molar-refractivity contribution in [3.05, 3.63) is 40.8 Å². The topological polar surface area (TPSA) is 141 Å². The predicted molar refractivity (Wildman–Crippen MR) is 125 cm³/mol. The first-order valence-electron chi connectivity index (χ1n) is 11.0. The molecule has 0 radical (unpaired) electrons. The molecule has 1 aliphatic carbocycles. The number of nitrogens with zero attached hydrogens (tertiary/aromatic N) is 3. The summed E-state index contributed by atoms with van der Waals surface area (Å²) in [4.78, 5) is 20.0. The fourth-order valence-corrected chi connectivity index (χ4v) is 4.96. The van der Waals surface area contributed by atoms with E-state index in [1.54, 1.807) is 0 Å². The summed E-state index contributed by atoms with van der Waals surface area (Å²) in [5, 5.41) is 30.1. The number of carboxylic acid groups (broad SMARTS) is 1. The third kappa shape index (κ3) is 5.06. The Morgan fingerprint density at radius 3 is 2.44 bits per heavy atom. The Labute approximate surface area is 198 Å². The van der Waals surface area contributed by atoms with Gasteiger partial charge in [-0.25, -0.2) is 27.1 Å². The molecule has 186 valence electrons. The molecule has 3 rings (SSSR count). The van der Waals surface area contributed by atoms with Gasteiger partial charge in [0.05, 0.1) is 36.3 Å². The van der Waals surface area contributed by atoms with Gasteiger partial charge < -0.3 is 15.3 Å². The number of hydrogen-bond donors (Lipinski definition) is 3. The quantitative estimate of drug-likeness (QED) is 0.508. The van der Waals surface area contributed by atoms with Crippen molar-refractivity contribution in [3.8, 4) is 11.3 Å². The van der Waals surface area contributed by atoms with Crippen LogP contribution < -0.4 is 4.31 Å². The summed E-state index contributed by atoms with van der Waals surface area (Å²) in [5.74, 6) is -2.94. The van der Waals surface area contributed by atoms with E-state index >= 15 is 0 Å². The Kier molecular flexibility index (Phi) is 7.30. The van der Waals surface area contributed by atoms with Crippen molar-refractivity contribution in [2.24, 2.45) is 0 Å². The molecule has 2 aromatic rings. The second kappa shape index (κ2) is 9.55. The molecular weight excluding hydrogens is 465 g/mol. The van der Waals surface area contributed by atoms with E-state index < -0.39 is 52.3 Å². The molecule has 0 fully saturated rings. The van der Waals surface area contributed by atoms with Crippen molar-refractivity contribution >= 4 is 21.9 Å². The van der Waals surface area contributed by atoms with E-state index in [2.05, 4.69) is 9.97 Å². The van der Waals surface area contributed by atoms with Crippen LogP contribution in [0.15, 0.2) is 18.2 Å². The highest BCUT2D eigenvalue weighted by Gasteiger charge is 2.40. The number of aliphatic hydroxyl groups excluding tert-OH is 2. The van der Waals surface area contributed by atoms with Gasteiger partial charge in [-0.3, -0.25) is 4.79 Å². The summed E-state index contributed by atoms with van der Waals surface area (Å²) < 4.78 is 39.6. The lowest BCUT2D eigenvalue weighted by Gasteiger charge is -2.38. The smallest absolute Gasteiger partial charge is 0.305 e. The van der Waals surface area contributed by atoms with E-state index in [0.717, 1.165) is 10.6 Å². The molecular formula is C23H30FN3O6S. The van der Waals surface area contributed by atoms with Gasteiger partial charge in [-0.15, -0.1) is 0 Å². The summed E-state index contributed by atoms with van der Waals surface area (Å²) >= 11 is 0. The number of hydrogen-bond acceptors (Lipinski definition) is 7. The van der Waals surface area contributed by atoms with E-state index in [0.29, 0.717) is 28.1 Å². The second-order valence-corrected chi connectivity index (χ2v) is 11.2. The van der Waals surface area contributed by atoms with Crippen molar-refractivity contribution in [1.82, 2.24) is 9.97 Å². The Balaban J connectivity index is 2.22. The van der Waals surface area contributed by atoms with Crippen molar-refractivity contribution in [1.29, 1.82) is 0 Å². The summed E-state index contributed by atoms with van der Waals surface area (Å²) in [7, 11) is -2.28. The molecule has 1 aliphatic rings. The highest BCUT2D eigenvalue weighted by atomic mass is 32.2. The van der Waals surface area contributed by atoms with Gasteiger partial charge in [0.2, 0.25) is 16.0 Å². The predicted octanol–water partition coefficient (Wildman–Crippen LogP) is 2.59. The van der Waals surface area contributed by atoms with Crippen LogP contribution in [0.2, 0.25) is 0 Å². The maximum absolute atomic E-state index is 14.3. The molecule has 0 aliphatic heterocycles. The number of aliphatic hydroxyl groups is 2. The van der Waals surface area contributed by atoms with Crippen LogP contribution in [-0.4, -0.2) is 65.2 Å². The number of aliphatic carboxylic acids is 1. The molecule has 1 aromatic carbocycles. The number of benzene rings is 1. The van der Waals surface area contributed by atoms with E-state index in [4.69, 9.17) is 5.11 Å². The zero-order chi connectivity index (χ0) is 25.5. The minimum atomic E-state index is -3.64. The van der Waals surface area contributed by atoms with Crippen LogP contribution >= 0.6 is 0 Å². The number of carboxylic acids is 1. The van der Waals surface area contributed by atoms with Crippen LogP contribution in [0.4, 0.5) is 10.3 Å². The molecule has 0 spiro atoms. The number of halogens is 1. The molecule has 9 nitrogen and oxygen atoms in total. The average molecular weight is 496 g/mol. The number of anilines is 1. The Bertz CT molecular complexity index is 1200. The van der Waals surface area contributed by atoms with E-state index in [1.165, 1.54) is 25.2 Å². The number of rotatable bonds is 8. The highest BCUT2D eigenvalue weighted by Crippen LogP contribution is 2.50. The Hall–Kier alpha value is -2.63. The zero-order valence-corrected chi connectivity index (χ0v) is 20.5. The first kappa shape index (κ1) is 26.0. The van der Waals surface area contributed by atoms with Crippen molar-refractivity contribution in [2.75, 3.05) is 17.6 Å². The SMILES string of the molecule is CC(C)c1nc(N(C)S(C)(=O)=O)nc2c1C(C)[C@@H]([C@@H](O)C[C@@H](O)CC(=O)O)c1cc(F)ccc1-2. The summed E-state index contributed by atoms with van der Waals surface area (Å²) in [6, 6.07) is 4.09. The molecule has 11 heteroatoms. The molecule has 3 N–H and O–H groups in total. The number of fused-ring (bicyclic) bond motifs is 3. The minimum Gasteiger partial charge on any atom is -0.481 e. The fourth-order valence-electron chi connectivity index (χ4n) is 4.58. The van der Waals surface area contributed by atoms with E-state index in [-0.39, 0.29) is 18.3 Å². The first-order valence-corrected chi connectivity index (χ1v) is 12.8. The van der Waals surface area contributed by atoms with Gasteiger partial charge in [0.25, 0.3) is 0 Å². The van der Waals surface area contributed by atoms with Gasteiger partial charge in [-0.05, 0) is 35.6 Å². The minimum absolute atomic E-state index is 0.0108. The molecule has 34 heavy (non-hydrogen) atoms. The van der Waals surface area contributed by atoms with E-state index in [9.17, 15) is 27.8 Å². The van der Waals surface area contributed by atoms with Crippen molar-refractivity contribution < 1.29 is 32.9 Å². The van der Waals surface area contributed by atoms with Crippen LogP contribution in [-0.2, 0) is 14.8 Å². The number of aromatic nitrogens is 2. The summed E-state index contributed by atoms with van der Waals surface area (Å²) in [5.41, 5.74) is 2.74. The lowest BCUT2D eigenvalue weighted by Crippen LogP contribution is -2.33. The first-order chi connectivity index (χ1) is 15.7. The van der Waals surface area contributed by atoms with Gasteiger partial charge in [0, 0.05) is 30.5 Å². The fraction of sp³-hybridized carbons (Fsp3) is 0.522. The maximum Gasteiger partial charge on any atom is 0.305 e. The molecule has 0 saturated carbocycles. The normalized spacial score (nSPS) is 19.3. The molecule has 0 saturated heterocycles.